The number of rotatable bonds is 2. The second-order valence-electron chi connectivity index (χ2n) is 9.96. The molecule has 8 heteroatoms. The summed E-state index contributed by atoms with van der Waals surface area (Å²) in [4.78, 5) is 29.7. The Morgan fingerprint density at radius 2 is 1.88 bits per heavy atom. The van der Waals surface area contributed by atoms with Crippen LogP contribution in [-0.2, 0) is 4.74 Å². The average molecular weight is 480 g/mol. The van der Waals surface area contributed by atoms with E-state index in [0.717, 1.165) is 45.2 Å². The zero-order valence-electron chi connectivity index (χ0n) is 20.2. The Morgan fingerprint density at radius 3 is 2.61 bits per heavy atom. The van der Waals surface area contributed by atoms with Crippen molar-refractivity contribution in [2.75, 3.05) is 45.9 Å². The highest BCUT2D eigenvalue weighted by molar-refractivity contribution is 6.31. The molecule has 1 aromatic rings. The van der Waals surface area contributed by atoms with Crippen molar-refractivity contribution in [3.05, 3.63) is 28.8 Å². The van der Waals surface area contributed by atoms with Gasteiger partial charge in [0.25, 0.3) is 5.91 Å². The number of fused-ring (bicyclic) bond motifs is 1. The molecule has 184 valence electrons. The van der Waals surface area contributed by atoms with Gasteiger partial charge in [0, 0.05) is 31.2 Å². The fraction of sp³-hybridized carbons (Fsp3) is 0.680. The Morgan fingerprint density at radius 1 is 1.15 bits per heavy atom. The fourth-order valence-electron chi connectivity index (χ4n) is 4.23. The van der Waals surface area contributed by atoms with Gasteiger partial charge >= 0.3 is 6.09 Å². The molecule has 1 fully saturated rings. The molecule has 0 saturated carbocycles. The van der Waals surface area contributed by atoms with E-state index in [4.69, 9.17) is 21.1 Å². The van der Waals surface area contributed by atoms with E-state index < -0.39 is 5.60 Å². The molecular formula is C25H38ClN3O4. The summed E-state index contributed by atoms with van der Waals surface area (Å²) in [6.07, 6.45) is 4.28. The third kappa shape index (κ3) is 8.07. The van der Waals surface area contributed by atoms with Gasteiger partial charge in [0.1, 0.15) is 11.4 Å². The first-order valence-corrected chi connectivity index (χ1v) is 12.5. The summed E-state index contributed by atoms with van der Waals surface area (Å²) in [5.41, 5.74) is 0.0328. The predicted octanol–water partition coefficient (Wildman–Crippen LogP) is 4.58. The third-order valence-corrected chi connectivity index (χ3v) is 6.23. The molecule has 0 aromatic heterocycles. The molecule has 2 aliphatic heterocycles. The Labute approximate surface area is 202 Å². The Balaban J connectivity index is 1.67. The molecule has 2 amide bonds. The zero-order valence-corrected chi connectivity index (χ0v) is 21.0. The number of benzene rings is 1. The summed E-state index contributed by atoms with van der Waals surface area (Å²) in [6.45, 7) is 10.7. The predicted molar refractivity (Wildman–Crippen MR) is 130 cm³/mol. The van der Waals surface area contributed by atoms with Crippen LogP contribution >= 0.6 is 11.6 Å². The van der Waals surface area contributed by atoms with Crippen molar-refractivity contribution in [1.82, 2.24) is 15.1 Å². The first-order valence-electron chi connectivity index (χ1n) is 12.1. The summed E-state index contributed by atoms with van der Waals surface area (Å²) < 4.78 is 11.4. The van der Waals surface area contributed by atoms with E-state index >= 15 is 0 Å². The van der Waals surface area contributed by atoms with E-state index in [1.807, 2.05) is 25.7 Å². The number of halogens is 1. The van der Waals surface area contributed by atoms with Crippen LogP contribution in [0.1, 0.15) is 63.2 Å². The lowest BCUT2D eigenvalue weighted by Gasteiger charge is -2.36. The summed E-state index contributed by atoms with van der Waals surface area (Å²) in [5.74, 6) is 0.896. The van der Waals surface area contributed by atoms with Gasteiger partial charge in [-0.25, -0.2) is 4.79 Å². The Kier molecular flexibility index (Phi) is 9.27. The van der Waals surface area contributed by atoms with Crippen molar-refractivity contribution < 1.29 is 19.1 Å². The summed E-state index contributed by atoms with van der Waals surface area (Å²) in [6, 6.07) is 5.27. The van der Waals surface area contributed by atoms with Crippen molar-refractivity contribution >= 4 is 23.6 Å². The van der Waals surface area contributed by atoms with Gasteiger partial charge in [-0.2, -0.15) is 0 Å². The second-order valence-corrected chi connectivity index (χ2v) is 10.4. The largest absolute Gasteiger partial charge is 0.493 e. The van der Waals surface area contributed by atoms with Crippen LogP contribution in [-0.4, -0.2) is 73.3 Å². The molecule has 0 atom stereocenters. The zero-order chi connectivity index (χ0) is 23.8. The number of piperidine rings is 1. The summed E-state index contributed by atoms with van der Waals surface area (Å²) in [7, 11) is 0. The number of ether oxygens (including phenoxy) is 2. The second kappa shape index (κ2) is 11.9. The van der Waals surface area contributed by atoms with Crippen LogP contribution in [0.25, 0.3) is 0 Å². The molecule has 0 spiro atoms. The SMILES string of the molecule is CC(C)(C)OC(=O)N1CCC(CN2CCCCNCCCOc3ccc(Cl)cc3C2=O)CC1. The minimum absolute atomic E-state index is 0.0331. The topological polar surface area (TPSA) is 71.1 Å². The van der Waals surface area contributed by atoms with Gasteiger partial charge in [-0.05, 0) is 90.1 Å². The maximum absolute atomic E-state index is 13.6. The molecule has 3 rings (SSSR count). The van der Waals surface area contributed by atoms with E-state index in [1.54, 1.807) is 23.1 Å². The minimum Gasteiger partial charge on any atom is -0.493 e. The van der Waals surface area contributed by atoms with Crippen molar-refractivity contribution in [3.63, 3.8) is 0 Å². The van der Waals surface area contributed by atoms with E-state index in [2.05, 4.69) is 5.32 Å². The Bertz CT molecular complexity index is 803. The van der Waals surface area contributed by atoms with Crippen LogP contribution in [0, 0.1) is 5.92 Å². The molecule has 1 N–H and O–H groups in total. The molecule has 1 aromatic carbocycles. The maximum atomic E-state index is 13.6. The fourth-order valence-corrected chi connectivity index (χ4v) is 4.41. The number of nitrogens with zero attached hydrogens (tertiary/aromatic N) is 2. The molecule has 1 saturated heterocycles. The number of carbonyl (C=O) groups is 2. The molecule has 0 radical (unpaired) electrons. The summed E-state index contributed by atoms with van der Waals surface area (Å²) >= 11 is 6.24. The van der Waals surface area contributed by atoms with Crippen molar-refractivity contribution in [2.45, 2.75) is 58.5 Å². The maximum Gasteiger partial charge on any atom is 0.410 e. The molecule has 0 unspecified atom stereocenters. The average Bonchev–Trinajstić information content (AvgIpc) is 2.77. The normalized spacial score (nSPS) is 19.6. The number of likely N-dealkylation sites (tertiary alicyclic amines) is 1. The smallest absolute Gasteiger partial charge is 0.410 e. The van der Waals surface area contributed by atoms with E-state index in [1.165, 1.54) is 0 Å². The van der Waals surface area contributed by atoms with Crippen LogP contribution in [0.3, 0.4) is 0 Å². The first-order chi connectivity index (χ1) is 15.7. The lowest BCUT2D eigenvalue weighted by molar-refractivity contribution is 0.0166. The van der Waals surface area contributed by atoms with Gasteiger partial charge in [-0.1, -0.05) is 11.6 Å². The van der Waals surface area contributed by atoms with E-state index in [0.29, 0.717) is 55.0 Å². The Hall–Kier alpha value is -1.99. The number of hydrogen-bond acceptors (Lipinski definition) is 5. The van der Waals surface area contributed by atoms with Gasteiger partial charge in [0.2, 0.25) is 0 Å². The lowest BCUT2D eigenvalue weighted by atomic mass is 9.96. The highest BCUT2D eigenvalue weighted by atomic mass is 35.5. The van der Waals surface area contributed by atoms with Crippen LogP contribution in [0.15, 0.2) is 18.2 Å². The minimum atomic E-state index is -0.496. The quantitative estimate of drug-likeness (QED) is 0.672. The standard InChI is InChI=1S/C25H38ClN3O4/c1-25(2,3)33-24(31)28-14-9-19(10-15-28)18-29-13-5-4-11-27-12-6-16-32-22-8-7-20(26)17-21(22)23(29)30/h7-8,17,19,27H,4-6,9-16,18H2,1-3H3. The molecule has 0 aliphatic carbocycles. The summed E-state index contributed by atoms with van der Waals surface area (Å²) in [5, 5.41) is 3.97. The molecular weight excluding hydrogens is 442 g/mol. The molecule has 0 bridgehead atoms. The molecule has 33 heavy (non-hydrogen) atoms. The van der Waals surface area contributed by atoms with Gasteiger partial charge < -0.3 is 24.6 Å². The van der Waals surface area contributed by atoms with Crippen molar-refractivity contribution in [2.24, 2.45) is 5.92 Å². The van der Waals surface area contributed by atoms with E-state index in [-0.39, 0.29) is 12.0 Å². The number of hydrogen-bond donors (Lipinski definition) is 1. The number of carbonyl (C=O) groups excluding carboxylic acids is 2. The molecule has 2 heterocycles. The van der Waals surface area contributed by atoms with Crippen LogP contribution < -0.4 is 10.1 Å². The van der Waals surface area contributed by atoms with Crippen LogP contribution in [0.4, 0.5) is 4.79 Å². The van der Waals surface area contributed by atoms with Crippen LogP contribution in [0.5, 0.6) is 5.75 Å². The van der Waals surface area contributed by atoms with E-state index in [9.17, 15) is 9.59 Å². The highest BCUT2D eigenvalue weighted by Crippen LogP contribution is 2.27. The lowest BCUT2D eigenvalue weighted by Crippen LogP contribution is -2.44. The van der Waals surface area contributed by atoms with Crippen LogP contribution in [0.2, 0.25) is 5.02 Å². The first kappa shape index (κ1) is 25.6. The molecule has 2 aliphatic rings. The van der Waals surface area contributed by atoms with Gasteiger partial charge in [-0.15, -0.1) is 0 Å². The monoisotopic (exact) mass is 479 g/mol. The number of amides is 2. The highest BCUT2D eigenvalue weighted by Gasteiger charge is 2.29. The van der Waals surface area contributed by atoms with Crippen molar-refractivity contribution in [3.8, 4) is 5.75 Å². The van der Waals surface area contributed by atoms with Crippen molar-refractivity contribution in [1.29, 1.82) is 0 Å². The third-order valence-electron chi connectivity index (χ3n) is 5.99. The van der Waals surface area contributed by atoms with Gasteiger partial charge in [0.05, 0.1) is 12.2 Å². The van der Waals surface area contributed by atoms with Gasteiger partial charge in [0.15, 0.2) is 0 Å². The van der Waals surface area contributed by atoms with Gasteiger partial charge in [-0.3, -0.25) is 4.79 Å². The number of nitrogens with one attached hydrogen (secondary N) is 1. The molecule has 7 nitrogen and oxygen atoms in total.